The van der Waals surface area contributed by atoms with E-state index < -0.39 is 0 Å². The highest BCUT2D eigenvalue weighted by Crippen LogP contribution is 2.37. The molecule has 3 heterocycles. The van der Waals surface area contributed by atoms with E-state index in [0.29, 0.717) is 0 Å². The molecule has 0 aliphatic rings. The first-order valence-electron chi connectivity index (χ1n) is 15.0. The Bertz CT molecular complexity index is 2430. The number of rotatable bonds is 4. The monoisotopic (exact) mass is 561 g/mol. The van der Waals surface area contributed by atoms with Crippen LogP contribution in [0.5, 0.6) is 0 Å². The van der Waals surface area contributed by atoms with Crippen LogP contribution < -0.4 is 0 Å². The highest BCUT2D eigenvalue weighted by Gasteiger charge is 2.16. The zero-order chi connectivity index (χ0) is 29.0. The highest BCUT2D eigenvalue weighted by molar-refractivity contribution is 6.11. The van der Waals surface area contributed by atoms with Crippen molar-refractivity contribution in [2.45, 2.75) is 0 Å². The summed E-state index contributed by atoms with van der Waals surface area (Å²) in [5.41, 5.74) is 12.3. The average molecular weight is 562 g/mol. The van der Waals surface area contributed by atoms with Crippen molar-refractivity contribution in [3.05, 3.63) is 158 Å². The number of aromatic amines is 1. The molecular weight excluding hydrogens is 534 g/mol. The van der Waals surface area contributed by atoms with Gasteiger partial charge in [0.15, 0.2) is 0 Å². The van der Waals surface area contributed by atoms with Gasteiger partial charge in [0.05, 0.1) is 28.1 Å². The molecule has 0 atom stereocenters. The SMILES string of the molecule is c1ccc(-c2cc(-n3c4ccccc4c4cc(-c5ccc6c(c5)[nH]c5ccccc56)ccc43)cc(-c3ccccc3)n2)cc1. The number of benzene rings is 6. The number of hydrogen-bond acceptors (Lipinski definition) is 1. The highest BCUT2D eigenvalue weighted by atomic mass is 15.0. The summed E-state index contributed by atoms with van der Waals surface area (Å²) in [4.78, 5) is 8.73. The first kappa shape index (κ1) is 24.6. The molecule has 0 fully saturated rings. The predicted octanol–water partition coefficient (Wildman–Crippen LogP) is 10.8. The number of aromatic nitrogens is 3. The smallest absolute Gasteiger partial charge is 0.0730 e. The molecule has 6 aromatic carbocycles. The van der Waals surface area contributed by atoms with Gasteiger partial charge in [-0.25, -0.2) is 4.98 Å². The van der Waals surface area contributed by atoms with E-state index in [-0.39, 0.29) is 0 Å². The van der Waals surface area contributed by atoms with E-state index in [2.05, 4.69) is 155 Å². The lowest BCUT2D eigenvalue weighted by molar-refractivity contribution is 1.16. The third-order valence-electron chi connectivity index (χ3n) is 8.72. The number of H-pyrrole nitrogens is 1. The maximum absolute atomic E-state index is 5.12. The van der Waals surface area contributed by atoms with Crippen LogP contribution >= 0.6 is 0 Å². The van der Waals surface area contributed by atoms with Crippen LogP contribution in [0, 0.1) is 0 Å². The third kappa shape index (κ3) is 3.94. The van der Waals surface area contributed by atoms with E-state index in [1.54, 1.807) is 0 Å². The summed E-state index contributed by atoms with van der Waals surface area (Å²) in [5.74, 6) is 0. The summed E-state index contributed by atoms with van der Waals surface area (Å²) in [7, 11) is 0. The molecule has 0 spiro atoms. The normalized spacial score (nSPS) is 11.6. The Morgan fingerprint density at radius 1 is 0.386 bits per heavy atom. The van der Waals surface area contributed by atoms with Crippen LogP contribution in [-0.2, 0) is 0 Å². The molecule has 0 aliphatic heterocycles. The summed E-state index contributed by atoms with van der Waals surface area (Å²) in [5, 5.41) is 4.97. The molecular formula is C41H27N3. The molecule has 9 rings (SSSR count). The molecule has 1 N–H and O–H groups in total. The van der Waals surface area contributed by atoms with Crippen molar-refractivity contribution in [3.8, 4) is 39.3 Å². The predicted molar refractivity (Wildman–Crippen MR) is 184 cm³/mol. The van der Waals surface area contributed by atoms with E-state index in [0.717, 1.165) is 33.7 Å². The number of nitrogens with zero attached hydrogens (tertiary/aromatic N) is 2. The average Bonchev–Trinajstić information content (AvgIpc) is 3.64. The second-order valence-electron chi connectivity index (χ2n) is 11.3. The van der Waals surface area contributed by atoms with Gasteiger partial charge in [0.1, 0.15) is 0 Å². The van der Waals surface area contributed by atoms with Crippen LogP contribution in [0.15, 0.2) is 158 Å². The van der Waals surface area contributed by atoms with E-state index in [1.807, 2.05) is 12.1 Å². The van der Waals surface area contributed by atoms with E-state index in [4.69, 9.17) is 4.98 Å². The Morgan fingerprint density at radius 2 is 0.955 bits per heavy atom. The molecule has 3 heteroatoms. The molecule has 206 valence electrons. The van der Waals surface area contributed by atoms with Gasteiger partial charge in [0.2, 0.25) is 0 Å². The zero-order valence-electron chi connectivity index (χ0n) is 23.9. The topological polar surface area (TPSA) is 33.6 Å². The van der Waals surface area contributed by atoms with Crippen LogP contribution in [0.25, 0.3) is 82.9 Å². The molecule has 0 radical (unpaired) electrons. The minimum Gasteiger partial charge on any atom is -0.354 e. The third-order valence-corrected chi connectivity index (χ3v) is 8.72. The lowest BCUT2D eigenvalue weighted by Crippen LogP contribution is -1.98. The van der Waals surface area contributed by atoms with Crippen molar-refractivity contribution in [3.63, 3.8) is 0 Å². The fraction of sp³-hybridized carbons (Fsp3) is 0. The van der Waals surface area contributed by atoms with Crippen molar-refractivity contribution in [1.82, 2.24) is 14.5 Å². The number of hydrogen-bond donors (Lipinski definition) is 1. The van der Waals surface area contributed by atoms with E-state index in [1.165, 1.54) is 49.2 Å². The minimum atomic E-state index is 0.955. The molecule has 0 amide bonds. The van der Waals surface area contributed by atoms with Crippen molar-refractivity contribution >= 4 is 43.6 Å². The second-order valence-corrected chi connectivity index (χ2v) is 11.3. The van der Waals surface area contributed by atoms with Gasteiger partial charge in [0.25, 0.3) is 0 Å². The van der Waals surface area contributed by atoms with Crippen molar-refractivity contribution in [2.24, 2.45) is 0 Å². The fourth-order valence-corrected chi connectivity index (χ4v) is 6.62. The largest absolute Gasteiger partial charge is 0.354 e. The van der Waals surface area contributed by atoms with Gasteiger partial charge in [-0.05, 0) is 53.6 Å². The molecule has 3 nitrogen and oxygen atoms in total. The quantitative estimate of drug-likeness (QED) is 0.228. The van der Waals surface area contributed by atoms with Gasteiger partial charge in [-0.15, -0.1) is 0 Å². The molecule has 0 saturated carbocycles. The molecule has 0 unspecified atom stereocenters. The summed E-state index contributed by atoms with van der Waals surface area (Å²) >= 11 is 0. The molecule has 44 heavy (non-hydrogen) atoms. The Labute approximate surface area is 254 Å². The van der Waals surface area contributed by atoms with Gasteiger partial charge >= 0.3 is 0 Å². The van der Waals surface area contributed by atoms with Crippen LogP contribution in [-0.4, -0.2) is 14.5 Å². The lowest BCUT2D eigenvalue weighted by atomic mass is 10.0. The molecule has 0 bridgehead atoms. The van der Waals surface area contributed by atoms with E-state index >= 15 is 0 Å². The summed E-state index contributed by atoms with van der Waals surface area (Å²) in [6.45, 7) is 0. The maximum atomic E-state index is 5.12. The molecule has 3 aromatic heterocycles. The van der Waals surface area contributed by atoms with Gasteiger partial charge in [0, 0.05) is 43.7 Å². The Hall–Kier alpha value is -5.93. The second kappa shape index (κ2) is 9.82. The van der Waals surface area contributed by atoms with Crippen LogP contribution in [0.1, 0.15) is 0 Å². The summed E-state index contributed by atoms with van der Waals surface area (Å²) < 4.78 is 2.38. The van der Waals surface area contributed by atoms with Crippen LogP contribution in [0.4, 0.5) is 0 Å². The van der Waals surface area contributed by atoms with Crippen molar-refractivity contribution in [2.75, 3.05) is 0 Å². The first-order chi connectivity index (χ1) is 21.8. The first-order valence-corrected chi connectivity index (χ1v) is 15.0. The van der Waals surface area contributed by atoms with Crippen molar-refractivity contribution in [1.29, 1.82) is 0 Å². The number of fused-ring (bicyclic) bond motifs is 6. The van der Waals surface area contributed by atoms with Crippen molar-refractivity contribution < 1.29 is 0 Å². The van der Waals surface area contributed by atoms with E-state index in [9.17, 15) is 0 Å². The zero-order valence-corrected chi connectivity index (χ0v) is 23.9. The molecule has 0 saturated heterocycles. The molecule has 9 aromatic rings. The van der Waals surface area contributed by atoms with Gasteiger partial charge in [-0.1, -0.05) is 115 Å². The standard InChI is InChI=1S/C41H27N3/c1-3-11-27(12-4-1)37-25-31(26-38(43-37)28-13-5-2-6-14-28)44-40-18-10-8-16-34(40)35-23-29(20-22-41(35)44)30-19-21-33-32-15-7-9-17-36(32)42-39(33)24-30/h1-26,42H. The summed E-state index contributed by atoms with van der Waals surface area (Å²) in [6.07, 6.45) is 0. The Kier molecular flexibility index (Phi) is 5.50. The Balaban J connectivity index is 1.26. The van der Waals surface area contributed by atoms with Crippen LogP contribution in [0.3, 0.4) is 0 Å². The van der Waals surface area contributed by atoms with Gasteiger partial charge < -0.3 is 9.55 Å². The minimum absolute atomic E-state index is 0.955. The fourth-order valence-electron chi connectivity index (χ4n) is 6.62. The number of nitrogens with one attached hydrogen (secondary N) is 1. The van der Waals surface area contributed by atoms with Gasteiger partial charge in [-0.3, -0.25) is 0 Å². The van der Waals surface area contributed by atoms with Crippen LogP contribution in [0.2, 0.25) is 0 Å². The maximum Gasteiger partial charge on any atom is 0.0730 e. The number of para-hydroxylation sites is 2. The number of pyridine rings is 1. The lowest BCUT2D eigenvalue weighted by Gasteiger charge is -2.13. The summed E-state index contributed by atoms with van der Waals surface area (Å²) in [6, 6.07) is 56.1. The Morgan fingerprint density at radius 3 is 1.70 bits per heavy atom. The van der Waals surface area contributed by atoms with Gasteiger partial charge in [-0.2, -0.15) is 0 Å². The molecule has 0 aliphatic carbocycles.